The van der Waals surface area contributed by atoms with E-state index in [1.807, 2.05) is 22.7 Å². The summed E-state index contributed by atoms with van der Waals surface area (Å²) in [6, 6.07) is 0. The van der Waals surface area contributed by atoms with Crippen molar-refractivity contribution in [2.24, 2.45) is 0 Å². The Morgan fingerprint density at radius 3 is 2.84 bits per heavy atom. The van der Waals surface area contributed by atoms with Crippen molar-refractivity contribution in [3.8, 4) is 11.5 Å². The quantitative estimate of drug-likeness (QED) is 0.447. The molecule has 0 saturated heterocycles. The summed E-state index contributed by atoms with van der Waals surface area (Å²) in [5.41, 5.74) is 0. The summed E-state index contributed by atoms with van der Waals surface area (Å²) in [4.78, 5) is 1.84. The predicted molar refractivity (Wildman–Crippen MR) is 66.0 cm³/mol. The van der Waals surface area contributed by atoms with Gasteiger partial charge in [0, 0.05) is 23.1 Å². The Bertz CT molecular complexity index is 504. The molecule has 1 aliphatic rings. The van der Waals surface area contributed by atoms with E-state index in [9.17, 15) is 13.0 Å². The molecule has 1 aromatic heterocycles. The number of hydrogen-bond donors (Lipinski definition) is 0. The molecule has 0 bridgehead atoms. The van der Waals surface area contributed by atoms with Gasteiger partial charge < -0.3 is 14.0 Å². The average Bonchev–Trinajstić information content (AvgIpc) is 2.73. The van der Waals surface area contributed by atoms with E-state index in [0.29, 0.717) is 25.3 Å². The van der Waals surface area contributed by atoms with Gasteiger partial charge in [0.2, 0.25) is 0 Å². The van der Waals surface area contributed by atoms with Crippen molar-refractivity contribution >= 4 is 21.5 Å². The van der Waals surface area contributed by atoms with Gasteiger partial charge in [0.05, 0.1) is 10.1 Å². The monoisotopic (exact) mass is 331 g/mol. The number of likely N-dealkylation sites (N-methyl/N-ethyl adjacent to an activating group) is 1. The molecule has 19 heavy (non-hydrogen) atoms. The Kier molecular flexibility index (Phi) is 7.25. The van der Waals surface area contributed by atoms with E-state index in [1.54, 1.807) is 0 Å². The molecule has 0 radical (unpaired) electrons. The van der Waals surface area contributed by atoms with Crippen LogP contribution in [-0.2, 0) is 10.1 Å². The molecule has 0 aliphatic carbocycles. The fraction of sp³-hybridized carbons (Fsp3) is 0.600. The van der Waals surface area contributed by atoms with Crippen LogP contribution in [0.3, 0.4) is 0 Å². The average molecular weight is 331 g/mol. The van der Waals surface area contributed by atoms with E-state index < -0.39 is 10.1 Å². The zero-order valence-electron chi connectivity index (χ0n) is 10.9. The summed E-state index contributed by atoms with van der Waals surface area (Å²) in [5.74, 6) is 1.10. The van der Waals surface area contributed by atoms with Crippen molar-refractivity contribution in [3.63, 3.8) is 0 Å². The number of hydrogen-bond acceptors (Lipinski definition) is 7. The van der Waals surface area contributed by atoms with Gasteiger partial charge in [-0.3, -0.25) is 4.90 Å². The van der Waals surface area contributed by atoms with Crippen LogP contribution in [0.15, 0.2) is 10.8 Å². The van der Waals surface area contributed by atoms with E-state index in [-0.39, 0.29) is 63.4 Å². The van der Waals surface area contributed by atoms with Crippen LogP contribution in [0.1, 0.15) is 6.42 Å². The molecule has 1 unspecified atom stereocenters. The molecular formula is C10H14KNO5S2. The SMILES string of the molecule is CN(CCCS(=O)(=O)[O-])C1COc2cscc2O1.[K+]. The zero-order valence-corrected chi connectivity index (χ0v) is 15.6. The molecule has 2 heterocycles. The van der Waals surface area contributed by atoms with Crippen LogP contribution in [-0.4, -0.2) is 50.1 Å². The number of fused-ring (bicyclic) bond motifs is 1. The molecule has 0 amide bonds. The second kappa shape index (κ2) is 7.71. The summed E-state index contributed by atoms with van der Waals surface area (Å²) in [7, 11) is -2.33. The van der Waals surface area contributed by atoms with Gasteiger partial charge in [0.15, 0.2) is 17.7 Å². The predicted octanol–water partition coefficient (Wildman–Crippen LogP) is -2.28. The normalized spacial score (nSPS) is 18.2. The second-order valence-electron chi connectivity index (χ2n) is 4.08. The number of thiophene rings is 1. The van der Waals surface area contributed by atoms with E-state index in [2.05, 4.69) is 0 Å². The largest absolute Gasteiger partial charge is 1.00 e. The molecule has 1 atom stereocenters. The Labute approximate surface area is 159 Å². The maximum absolute atomic E-state index is 10.5. The first kappa shape index (κ1) is 17.9. The van der Waals surface area contributed by atoms with Crippen molar-refractivity contribution in [1.29, 1.82) is 0 Å². The van der Waals surface area contributed by atoms with Crippen LogP contribution in [0.4, 0.5) is 0 Å². The fourth-order valence-electron chi connectivity index (χ4n) is 1.66. The molecule has 0 N–H and O–H groups in total. The summed E-state index contributed by atoms with van der Waals surface area (Å²) < 4.78 is 42.7. The third-order valence-corrected chi connectivity index (χ3v) is 4.12. The molecule has 0 fully saturated rings. The van der Waals surface area contributed by atoms with Gasteiger partial charge in [0.1, 0.15) is 6.61 Å². The van der Waals surface area contributed by atoms with Crippen LogP contribution in [0.5, 0.6) is 11.5 Å². The van der Waals surface area contributed by atoms with Crippen molar-refractivity contribution < 1.29 is 73.8 Å². The minimum absolute atomic E-state index is 0. The van der Waals surface area contributed by atoms with Crippen LogP contribution in [0, 0.1) is 0 Å². The van der Waals surface area contributed by atoms with Crippen LogP contribution in [0.25, 0.3) is 0 Å². The first-order chi connectivity index (χ1) is 8.46. The molecule has 0 spiro atoms. The molecule has 102 valence electrons. The summed E-state index contributed by atoms with van der Waals surface area (Å²) in [6.07, 6.45) is 0.0417. The Hall–Kier alpha value is 0.806. The van der Waals surface area contributed by atoms with E-state index >= 15 is 0 Å². The first-order valence-corrected chi connectivity index (χ1v) is 7.97. The second-order valence-corrected chi connectivity index (χ2v) is 6.35. The Morgan fingerprint density at radius 1 is 1.47 bits per heavy atom. The van der Waals surface area contributed by atoms with Crippen LogP contribution in [0.2, 0.25) is 0 Å². The fourth-order valence-corrected chi connectivity index (χ4v) is 2.81. The van der Waals surface area contributed by atoms with E-state index in [0.717, 1.165) is 5.75 Å². The van der Waals surface area contributed by atoms with Gasteiger partial charge in [-0.25, -0.2) is 8.42 Å². The third kappa shape index (κ3) is 5.60. The number of ether oxygens (including phenoxy) is 2. The topological polar surface area (TPSA) is 78.9 Å². The molecule has 6 nitrogen and oxygen atoms in total. The van der Waals surface area contributed by atoms with Gasteiger partial charge in [-0.1, -0.05) is 0 Å². The molecule has 1 aliphatic heterocycles. The zero-order chi connectivity index (χ0) is 13.2. The maximum Gasteiger partial charge on any atom is 1.00 e. The van der Waals surface area contributed by atoms with Crippen molar-refractivity contribution in [3.05, 3.63) is 10.8 Å². The van der Waals surface area contributed by atoms with Gasteiger partial charge in [-0.15, -0.1) is 11.3 Å². The van der Waals surface area contributed by atoms with Crippen molar-refractivity contribution in [1.82, 2.24) is 4.90 Å². The van der Waals surface area contributed by atoms with Crippen LogP contribution < -0.4 is 60.9 Å². The van der Waals surface area contributed by atoms with E-state index in [1.165, 1.54) is 11.3 Å². The summed E-state index contributed by atoms with van der Waals surface area (Å²) >= 11 is 1.50. The van der Waals surface area contributed by atoms with Gasteiger partial charge in [-0.05, 0) is 13.5 Å². The molecule has 0 saturated carbocycles. The molecule has 2 rings (SSSR count). The number of rotatable bonds is 5. The standard InChI is InChI=1S/C10H15NO5S2.K/c1-11(3-2-4-18(12,13)14)10-5-15-8-6-17-7-9(8)16-10;/h6-7,10H,2-5H2,1H3,(H,12,13,14);/q;+1/p-1. The maximum atomic E-state index is 10.5. The van der Waals surface area contributed by atoms with Gasteiger partial charge in [-0.2, -0.15) is 0 Å². The molecule has 1 aromatic rings. The first-order valence-electron chi connectivity index (χ1n) is 5.45. The number of nitrogens with zero attached hydrogens (tertiary/aromatic N) is 1. The smallest absolute Gasteiger partial charge is 0.748 e. The molecule has 0 aromatic carbocycles. The van der Waals surface area contributed by atoms with Gasteiger partial charge >= 0.3 is 51.4 Å². The van der Waals surface area contributed by atoms with E-state index in [4.69, 9.17) is 9.47 Å². The molecule has 9 heteroatoms. The van der Waals surface area contributed by atoms with Gasteiger partial charge in [0.25, 0.3) is 0 Å². The van der Waals surface area contributed by atoms with Crippen LogP contribution >= 0.6 is 11.3 Å². The third-order valence-electron chi connectivity index (χ3n) is 2.63. The Morgan fingerprint density at radius 2 is 2.16 bits per heavy atom. The van der Waals surface area contributed by atoms with Crippen molar-refractivity contribution in [2.45, 2.75) is 12.6 Å². The summed E-state index contributed by atoms with van der Waals surface area (Å²) in [6.45, 7) is 0.860. The minimum Gasteiger partial charge on any atom is -0.748 e. The molecular weight excluding hydrogens is 317 g/mol. The Balaban J connectivity index is 0.00000180. The summed E-state index contributed by atoms with van der Waals surface area (Å²) in [5, 5.41) is 3.73. The van der Waals surface area contributed by atoms with Crippen molar-refractivity contribution in [2.75, 3.05) is 26.0 Å². The minimum atomic E-state index is -4.14.